The number of aryl methyl sites for hydroxylation is 1. The molecule has 218 valence electrons. The highest BCUT2D eigenvalue weighted by Gasteiger charge is 2.31. The normalized spacial score (nSPS) is 11.4. The molecular weight excluding hydrogens is 555 g/mol. The van der Waals surface area contributed by atoms with E-state index in [2.05, 4.69) is 40.4 Å². The van der Waals surface area contributed by atoms with Crippen LogP contribution in [-0.4, -0.2) is 72.6 Å². The fraction of sp³-hybridized carbons (Fsp3) is 0.231. The molecule has 0 saturated carbocycles. The number of halogens is 3. The summed E-state index contributed by atoms with van der Waals surface area (Å²) < 4.78 is 44.5. The Morgan fingerprint density at radius 3 is 2.48 bits per heavy atom. The molecule has 5 rings (SSSR count). The quantitative estimate of drug-likeness (QED) is 0.261. The molecule has 0 saturated heterocycles. The molecule has 1 aromatic carbocycles. The van der Waals surface area contributed by atoms with E-state index in [1.807, 2.05) is 18.0 Å². The van der Waals surface area contributed by atoms with Gasteiger partial charge in [0.15, 0.2) is 5.65 Å². The van der Waals surface area contributed by atoms with Crippen molar-refractivity contribution in [2.45, 2.75) is 12.9 Å². The number of hydrogen-bond acceptors (Lipinski definition) is 10. The molecule has 5 aromatic rings. The summed E-state index contributed by atoms with van der Waals surface area (Å²) in [6.45, 7) is 0.113. The fourth-order valence-corrected chi connectivity index (χ4v) is 3.88. The molecule has 42 heavy (non-hydrogen) atoms. The Bertz CT molecular complexity index is 1720. The number of likely N-dealkylation sites (N-methyl/N-ethyl adjacent to an activating group) is 1. The van der Waals surface area contributed by atoms with Crippen LogP contribution in [0.5, 0.6) is 5.75 Å². The second-order valence-corrected chi connectivity index (χ2v) is 9.37. The minimum Gasteiger partial charge on any atom is -0.406 e. The van der Waals surface area contributed by atoms with Gasteiger partial charge in [-0.2, -0.15) is 10.1 Å². The number of pyridine rings is 1. The van der Waals surface area contributed by atoms with Crippen LogP contribution < -0.4 is 20.3 Å². The van der Waals surface area contributed by atoms with Crippen molar-refractivity contribution in [1.82, 2.24) is 39.2 Å². The van der Waals surface area contributed by atoms with E-state index in [0.717, 1.165) is 0 Å². The van der Waals surface area contributed by atoms with Crippen molar-refractivity contribution in [2.24, 2.45) is 7.05 Å². The molecule has 4 aromatic heterocycles. The zero-order chi connectivity index (χ0) is 30.0. The molecule has 0 aliphatic heterocycles. The Balaban J connectivity index is 1.30. The summed E-state index contributed by atoms with van der Waals surface area (Å²) in [6.07, 6.45) is 1.80. The van der Waals surface area contributed by atoms with E-state index in [0.29, 0.717) is 45.9 Å². The van der Waals surface area contributed by atoms with E-state index in [1.165, 1.54) is 33.8 Å². The lowest BCUT2D eigenvalue weighted by Crippen LogP contribution is -2.26. The Kier molecular flexibility index (Phi) is 7.52. The molecular formula is C26H26F3N11O2. The number of alkyl halides is 3. The van der Waals surface area contributed by atoms with Crippen LogP contribution in [0.3, 0.4) is 0 Å². The number of carbonyl (C=O) groups excluding carboxylic acids is 1. The van der Waals surface area contributed by atoms with Gasteiger partial charge in [-0.3, -0.25) is 14.0 Å². The first-order valence-electron chi connectivity index (χ1n) is 12.5. The highest BCUT2D eigenvalue weighted by Crippen LogP contribution is 2.29. The van der Waals surface area contributed by atoms with Gasteiger partial charge in [0.1, 0.15) is 23.6 Å². The number of nitrogens with one attached hydrogen (secondary N) is 2. The number of fused-ring (bicyclic) bond motifs is 1. The van der Waals surface area contributed by atoms with Gasteiger partial charge in [0.2, 0.25) is 17.8 Å². The van der Waals surface area contributed by atoms with Gasteiger partial charge in [0.25, 0.3) is 0 Å². The van der Waals surface area contributed by atoms with Crippen molar-refractivity contribution >= 4 is 51.8 Å². The third-order valence-corrected chi connectivity index (χ3v) is 6.10. The minimum absolute atomic E-state index is 0.0838. The highest BCUT2D eigenvalue weighted by atomic mass is 19.4. The van der Waals surface area contributed by atoms with Crippen LogP contribution in [0.1, 0.15) is 0 Å². The van der Waals surface area contributed by atoms with Crippen molar-refractivity contribution in [3.05, 3.63) is 61.2 Å². The summed E-state index contributed by atoms with van der Waals surface area (Å²) in [7, 11) is 6.96. The number of carbonyl (C=O) groups is 1. The molecule has 0 radical (unpaired) electrons. The largest absolute Gasteiger partial charge is 0.573 e. The average molecular weight is 582 g/mol. The van der Waals surface area contributed by atoms with Crippen molar-refractivity contribution < 1.29 is 22.7 Å². The second kappa shape index (κ2) is 11.2. The van der Waals surface area contributed by atoms with Crippen molar-refractivity contribution in [3.63, 3.8) is 0 Å². The third-order valence-electron chi connectivity index (χ3n) is 6.10. The molecule has 2 N–H and O–H groups in total. The van der Waals surface area contributed by atoms with Gasteiger partial charge in [0.05, 0.1) is 23.8 Å². The number of imidazole rings is 1. The smallest absolute Gasteiger partial charge is 0.406 e. The SMILES string of the molecule is CN(C)C(=O)Cn1cc(Nc2nccc(N(C)c3cnc4c(c3)nc(Nc3ccc(OC(F)(F)F)cc3)n4C)n2)cn1. The number of ether oxygens (including phenoxy) is 1. The lowest BCUT2D eigenvalue weighted by Gasteiger charge is -2.18. The van der Waals surface area contributed by atoms with Crippen molar-refractivity contribution in [2.75, 3.05) is 36.7 Å². The number of benzene rings is 1. The predicted octanol–water partition coefficient (Wildman–Crippen LogP) is 4.20. The molecule has 0 unspecified atom stereocenters. The number of amides is 1. The zero-order valence-corrected chi connectivity index (χ0v) is 23.0. The van der Waals surface area contributed by atoms with Crippen LogP contribution in [0, 0.1) is 0 Å². The summed E-state index contributed by atoms with van der Waals surface area (Å²) in [5.41, 5.74) is 3.05. The van der Waals surface area contributed by atoms with Gasteiger partial charge in [-0.25, -0.2) is 15.0 Å². The summed E-state index contributed by atoms with van der Waals surface area (Å²) in [4.78, 5) is 33.2. The van der Waals surface area contributed by atoms with Crippen LogP contribution in [0.25, 0.3) is 11.2 Å². The van der Waals surface area contributed by atoms with Gasteiger partial charge in [0, 0.05) is 46.3 Å². The maximum absolute atomic E-state index is 12.4. The molecule has 1 amide bonds. The van der Waals surface area contributed by atoms with Gasteiger partial charge in [-0.1, -0.05) is 0 Å². The second-order valence-electron chi connectivity index (χ2n) is 9.37. The van der Waals surface area contributed by atoms with E-state index in [4.69, 9.17) is 0 Å². The Morgan fingerprint density at radius 2 is 1.76 bits per heavy atom. The Labute approximate surface area is 237 Å². The minimum atomic E-state index is -4.76. The van der Waals surface area contributed by atoms with E-state index < -0.39 is 6.36 Å². The number of anilines is 6. The van der Waals surface area contributed by atoms with Crippen LogP contribution in [0.2, 0.25) is 0 Å². The predicted molar refractivity (Wildman–Crippen MR) is 149 cm³/mol. The first kappa shape index (κ1) is 28.1. The molecule has 0 bridgehead atoms. The maximum atomic E-state index is 12.4. The molecule has 4 heterocycles. The van der Waals surface area contributed by atoms with E-state index >= 15 is 0 Å². The summed E-state index contributed by atoms with van der Waals surface area (Å²) in [5.74, 6) is 0.965. The van der Waals surface area contributed by atoms with Crippen LogP contribution in [0.15, 0.2) is 61.2 Å². The molecule has 0 aliphatic rings. The van der Waals surface area contributed by atoms with Crippen LogP contribution in [0.4, 0.5) is 47.9 Å². The molecule has 0 aliphatic carbocycles. The topological polar surface area (TPSA) is 131 Å². The van der Waals surface area contributed by atoms with Crippen molar-refractivity contribution in [1.29, 1.82) is 0 Å². The van der Waals surface area contributed by atoms with Crippen molar-refractivity contribution in [3.8, 4) is 5.75 Å². The zero-order valence-electron chi connectivity index (χ0n) is 23.0. The standard InChI is InChI=1S/C26H26F3N11O2/c1-37(2)22(41)15-40-14-17(12-32-40)33-24-30-10-9-21(36-24)38(3)18-11-20-23(31-13-18)39(4)25(35-20)34-16-5-7-19(8-6-16)42-26(27,28)29/h5-14H,15H2,1-4H3,(H,34,35)(H,30,33,36). The van der Waals surface area contributed by atoms with E-state index in [9.17, 15) is 18.0 Å². The Hall–Kier alpha value is -5.41. The lowest BCUT2D eigenvalue weighted by molar-refractivity contribution is -0.274. The molecule has 13 nitrogen and oxygen atoms in total. The highest BCUT2D eigenvalue weighted by molar-refractivity contribution is 5.80. The van der Waals surface area contributed by atoms with Gasteiger partial charge in [-0.05, 0) is 36.4 Å². The number of rotatable bonds is 9. The monoisotopic (exact) mass is 581 g/mol. The van der Waals surface area contributed by atoms with Gasteiger partial charge >= 0.3 is 6.36 Å². The third kappa shape index (κ3) is 6.48. The summed E-state index contributed by atoms with van der Waals surface area (Å²) in [6, 6.07) is 8.94. The number of hydrogen-bond donors (Lipinski definition) is 2. The Morgan fingerprint density at radius 1 is 1.00 bits per heavy atom. The number of aromatic nitrogens is 7. The first-order chi connectivity index (χ1) is 19.9. The van der Waals surface area contributed by atoms with E-state index in [1.54, 1.807) is 56.6 Å². The lowest BCUT2D eigenvalue weighted by atomic mass is 10.3. The molecule has 0 spiro atoms. The van der Waals surface area contributed by atoms with Crippen LogP contribution in [-0.2, 0) is 18.4 Å². The molecule has 0 fully saturated rings. The average Bonchev–Trinajstić information content (AvgIpc) is 3.51. The maximum Gasteiger partial charge on any atom is 0.573 e. The first-order valence-corrected chi connectivity index (χ1v) is 12.5. The summed E-state index contributed by atoms with van der Waals surface area (Å²) >= 11 is 0. The molecule has 16 heteroatoms. The number of nitrogens with zero attached hydrogens (tertiary/aromatic N) is 9. The fourth-order valence-electron chi connectivity index (χ4n) is 3.88. The molecule has 0 atom stereocenters. The van der Waals surface area contributed by atoms with Crippen LogP contribution >= 0.6 is 0 Å². The van der Waals surface area contributed by atoms with E-state index in [-0.39, 0.29) is 18.2 Å². The summed E-state index contributed by atoms with van der Waals surface area (Å²) in [5, 5.41) is 10.4. The van der Waals surface area contributed by atoms with Gasteiger partial charge in [-0.15, -0.1) is 13.2 Å². The van der Waals surface area contributed by atoms with Gasteiger partial charge < -0.3 is 25.2 Å².